The molecule has 0 aromatic rings. The Morgan fingerprint density at radius 2 is 1.24 bits per heavy atom. The molecule has 9 nitrogen and oxygen atoms in total. The van der Waals surface area contributed by atoms with Crippen LogP contribution >= 0.6 is 0 Å². The molecule has 0 bridgehead atoms. The predicted octanol–water partition coefficient (Wildman–Crippen LogP) is 10.6. The van der Waals surface area contributed by atoms with E-state index in [1.807, 2.05) is 0 Å². The summed E-state index contributed by atoms with van der Waals surface area (Å²) in [6.07, 6.45) is 8.39. The van der Waals surface area contributed by atoms with Crippen molar-refractivity contribution in [1.82, 2.24) is 5.32 Å². The summed E-state index contributed by atoms with van der Waals surface area (Å²) in [5, 5.41) is 3.27. The number of rotatable bonds is 15. The van der Waals surface area contributed by atoms with Crippen LogP contribution in [0.5, 0.6) is 0 Å². The highest BCUT2D eigenvalue weighted by Crippen LogP contribution is 2.68. The molecular formula is C44H89NO8Si5. The lowest BCUT2D eigenvalue weighted by Crippen LogP contribution is -2.69. The topological polar surface area (TPSA) is 93.7 Å². The van der Waals surface area contributed by atoms with E-state index >= 15 is 0 Å². The number of carbonyl (C=O) groups excluding carboxylic acids is 1. The van der Waals surface area contributed by atoms with Crippen molar-refractivity contribution >= 4 is 47.5 Å². The molecule has 7 unspecified atom stereocenters. The summed E-state index contributed by atoms with van der Waals surface area (Å²) in [5.74, 6) is 3.12. The number of amides is 1. The Kier molecular flexibility index (Phi) is 15.0. The molecule has 1 N–H and O–H groups in total. The standard InChI is InChI=1S/C44H89NO8Si5/c1-29(48-42-39(45-30(2)46)41(53-58(17,18)19)40(52-57(14,15)16)38(49-42)28-47-54(5,6)7)33-22-23-34-32-21-20-31-26-36(50-55(8,9)10)37(51-56(11,12)13)27-44(31,4)35(32)24-25-43(33,34)3/h29,31-42H,20-28H2,1-19H3,(H,45,46)/t29?,31?,32?,33-,34?,35?,36?,37?,38+,39+,40+,41+,42+,43-,44+/m1/s1. The normalized spacial score (nSPS) is 40.7. The highest BCUT2D eigenvalue weighted by molar-refractivity contribution is 6.71. The van der Waals surface area contributed by atoms with E-state index < -0.39 is 60.0 Å². The minimum Gasteiger partial charge on any atom is -0.415 e. The Labute approximate surface area is 360 Å². The van der Waals surface area contributed by atoms with E-state index in [9.17, 15) is 4.79 Å². The van der Waals surface area contributed by atoms with Gasteiger partial charge in [-0.1, -0.05) is 13.8 Å². The molecular weight excluding hydrogens is 811 g/mol. The first-order valence-electron chi connectivity index (χ1n) is 23.2. The lowest BCUT2D eigenvalue weighted by molar-refractivity contribution is -0.282. The summed E-state index contributed by atoms with van der Waals surface area (Å²) in [5.41, 5.74) is 0.467. The number of nitrogens with one attached hydrogen (secondary N) is 1. The summed E-state index contributed by atoms with van der Waals surface area (Å²) in [7, 11) is -9.53. The second-order valence-corrected chi connectivity index (χ2v) is 47.1. The summed E-state index contributed by atoms with van der Waals surface area (Å²) in [6, 6.07) is -0.501. The molecule has 0 aromatic carbocycles. The molecule has 1 saturated heterocycles. The van der Waals surface area contributed by atoms with Gasteiger partial charge in [0.1, 0.15) is 18.2 Å². The molecule has 15 atom stereocenters. The molecule has 58 heavy (non-hydrogen) atoms. The molecule has 338 valence electrons. The number of carbonyl (C=O) groups is 1. The molecule has 5 aliphatic rings. The number of ether oxygens (including phenoxy) is 2. The smallest absolute Gasteiger partial charge is 0.217 e. The zero-order valence-electron chi connectivity index (χ0n) is 40.6. The largest absolute Gasteiger partial charge is 0.415 e. The van der Waals surface area contributed by atoms with Crippen LogP contribution in [-0.2, 0) is 36.4 Å². The first-order chi connectivity index (χ1) is 26.3. The molecule has 0 aromatic heterocycles. The molecule has 14 heteroatoms. The lowest BCUT2D eigenvalue weighted by Gasteiger charge is -2.62. The van der Waals surface area contributed by atoms with Gasteiger partial charge in [0.25, 0.3) is 0 Å². The second-order valence-electron chi connectivity index (χ2n) is 24.8. The average Bonchev–Trinajstić information content (AvgIpc) is 3.37. The van der Waals surface area contributed by atoms with Gasteiger partial charge in [0.05, 0.1) is 31.0 Å². The first kappa shape index (κ1) is 49.3. The highest BCUT2D eigenvalue weighted by atomic mass is 28.4. The zero-order valence-corrected chi connectivity index (χ0v) is 45.6. The van der Waals surface area contributed by atoms with Gasteiger partial charge < -0.3 is 36.9 Å². The quantitative estimate of drug-likeness (QED) is 0.163. The van der Waals surface area contributed by atoms with Gasteiger partial charge in [0.15, 0.2) is 47.9 Å². The third-order valence-electron chi connectivity index (χ3n) is 14.3. The molecule has 5 fully saturated rings. The van der Waals surface area contributed by atoms with E-state index in [1.165, 1.54) is 32.1 Å². The van der Waals surface area contributed by atoms with Gasteiger partial charge in [-0.25, -0.2) is 0 Å². The van der Waals surface area contributed by atoms with Crippen LogP contribution in [0.3, 0.4) is 0 Å². The lowest BCUT2D eigenvalue weighted by atomic mass is 9.44. The monoisotopic (exact) mass is 900 g/mol. The van der Waals surface area contributed by atoms with Crippen molar-refractivity contribution in [1.29, 1.82) is 0 Å². The summed E-state index contributed by atoms with van der Waals surface area (Å²) in [4.78, 5) is 13.0. The fourth-order valence-electron chi connectivity index (χ4n) is 12.5. The van der Waals surface area contributed by atoms with Crippen molar-refractivity contribution in [3.63, 3.8) is 0 Å². The number of hydrogen-bond acceptors (Lipinski definition) is 8. The second kappa shape index (κ2) is 17.7. The zero-order chi connectivity index (χ0) is 43.6. The molecule has 0 radical (unpaired) electrons. The molecule has 0 spiro atoms. The van der Waals surface area contributed by atoms with E-state index in [2.05, 4.69) is 124 Å². The predicted molar refractivity (Wildman–Crippen MR) is 250 cm³/mol. The van der Waals surface area contributed by atoms with Crippen LogP contribution < -0.4 is 5.32 Å². The summed E-state index contributed by atoms with van der Waals surface area (Å²) in [6.45, 7) is 43.5. The molecule has 1 amide bonds. The van der Waals surface area contributed by atoms with E-state index in [1.54, 1.807) is 6.92 Å². The van der Waals surface area contributed by atoms with Crippen LogP contribution in [0.15, 0.2) is 0 Å². The fraction of sp³-hybridized carbons (Fsp3) is 0.977. The van der Waals surface area contributed by atoms with Crippen molar-refractivity contribution in [2.24, 2.45) is 40.4 Å². The van der Waals surface area contributed by atoms with Crippen molar-refractivity contribution in [3.05, 3.63) is 0 Å². The Bertz CT molecular complexity index is 1410. The molecule has 4 saturated carbocycles. The van der Waals surface area contributed by atoms with Crippen LogP contribution in [0.4, 0.5) is 0 Å². The van der Waals surface area contributed by atoms with Gasteiger partial charge >= 0.3 is 0 Å². The fourth-order valence-corrected chi connectivity index (χ4v) is 17.6. The van der Waals surface area contributed by atoms with E-state index in [0.29, 0.717) is 24.4 Å². The molecule has 4 aliphatic carbocycles. The van der Waals surface area contributed by atoms with Crippen molar-refractivity contribution in [2.75, 3.05) is 6.61 Å². The van der Waals surface area contributed by atoms with Crippen LogP contribution in [0.25, 0.3) is 0 Å². The summed E-state index contributed by atoms with van der Waals surface area (Å²) >= 11 is 0. The molecule has 1 heterocycles. The third kappa shape index (κ3) is 12.1. The maximum Gasteiger partial charge on any atom is 0.217 e. The van der Waals surface area contributed by atoms with Crippen LogP contribution in [0, 0.1) is 40.4 Å². The van der Waals surface area contributed by atoms with Gasteiger partial charge in [-0.3, -0.25) is 4.79 Å². The Balaban J connectivity index is 1.39. The summed E-state index contributed by atoms with van der Waals surface area (Å²) < 4.78 is 48.8. The number of fused-ring (bicyclic) bond motifs is 5. The maximum absolute atomic E-state index is 13.0. The van der Waals surface area contributed by atoms with Crippen molar-refractivity contribution in [3.8, 4) is 0 Å². The van der Waals surface area contributed by atoms with Crippen molar-refractivity contribution < 1.29 is 36.4 Å². The Morgan fingerprint density at radius 3 is 1.79 bits per heavy atom. The molecule has 5 rings (SSSR count). The molecule has 1 aliphatic heterocycles. The van der Waals surface area contributed by atoms with E-state index in [-0.39, 0.29) is 47.3 Å². The SMILES string of the molecule is CC(=O)N[C@@H]1[C@@H](OC(C)[C@H]2CCC3C4CCC5CC(O[Si](C)(C)C)C(O[Si](C)(C)C)C[C@]5(C)C4CC[C@@]32C)O[C@@H](CO[Si](C)(C)C)[C@H](O[Si](C)(C)C)[C@H]1O[Si](C)(C)C. The average molecular weight is 901 g/mol. The maximum atomic E-state index is 13.0. The van der Waals surface area contributed by atoms with Gasteiger partial charge in [-0.15, -0.1) is 0 Å². The van der Waals surface area contributed by atoms with Gasteiger partial charge in [0, 0.05) is 6.92 Å². The number of hydrogen-bond donors (Lipinski definition) is 1. The minimum atomic E-state index is -2.11. The van der Waals surface area contributed by atoms with Gasteiger partial charge in [-0.05, 0) is 197 Å². The van der Waals surface area contributed by atoms with Crippen LogP contribution in [0.2, 0.25) is 98.2 Å². The van der Waals surface area contributed by atoms with E-state index in [4.69, 9.17) is 31.6 Å². The Morgan fingerprint density at radius 1 is 0.690 bits per heavy atom. The Hall–Kier alpha value is 0.274. The van der Waals surface area contributed by atoms with Gasteiger partial charge in [-0.2, -0.15) is 0 Å². The first-order valence-corrected chi connectivity index (χ1v) is 40.3. The van der Waals surface area contributed by atoms with Crippen LogP contribution in [-0.4, -0.2) is 103 Å². The highest BCUT2D eigenvalue weighted by Gasteiger charge is 2.63. The minimum absolute atomic E-state index is 0.0519. The van der Waals surface area contributed by atoms with Gasteiger partial charge in [0.2, 0.25) is 5.91 Å². The van der Waals surface area contributed by atoms with Crippen molar-refractivity contribution in [2.45, 2.75) is 226 Å². The van der Waals surface area contributed by atoms with Crippen LogP contribution in [0.1, 0.15) is 79.1 Å². The van der Waals surface area contributed by atoms with E-state index in [0.717, 1.165) is 31.1 Å². The third-order valence-corrected chi connectivity index (χ3v) is 19.3.